The van der Waals surface area contributed by atoms with Gasteiger partial charge in [0.05, 0.1) is 26.4 Å². The molecule has 0 aromatic carbocycles. The molecule has 0 radical (unpaired) electrons. The minimum Gasteiger partial charge on any atom is -0.463 e. The summed E-state index contributed by atoms with van der Waals surface area (Å²) in [6, 6.07) is -1.48. The van der Waals surface area contributed by atoms with E-state index in [0.29, 0.717) is 6.61 Å². The summed E-state index contributed by atoms with van der Waals surface area (Å²) >= 11 is 0. The Kier molecular flexibility index (Phi) is 17.5. The summed E-state index contributed by atoms with van der Waals surface area (Å²) < 4.78 is 52.6. The summed E-state index contributed by atoms with van der Waals surface area (Å²) in [7, 11) is 1.50. The van der Waals surface area contributed by atoms with E-state index >= 15 is 0 Å². The van der Waals surface area contributed by atoms with Crippen LogP contribution in [0.2, 0.25) is 0 Å². The van der Waals surface area contributed by atoms with Crippen LogP contribution in [0.1, 0.15) is 27.7 Å². The number of nitrogens with one attached hydrogen (secondary N) is 1. The van der Waals surface area contributed by atoms with Crippen LogP contribution in [-0.2, 0) is 71.3 Å². The van der Waals surface area contributed by atoms with Crippen molar-refractivity contribution in [2.75, 3.05) is 53.4 Å². The molecule has 1 saturated heterocycles. The Labute approximate surface area is 248 Å². The van der Waals surface area contributed by atoms with Crippen LogP contribution in [0.25, 0.3) is 0 Å². The first-order valence-electron chi connectivity index (χ1n) is 13.1. The molecule has 1 aliphatic heterocycles. The molecule has 17 heteroatoms. The minimum atomic E-state index is -1.60. The highest BCUT2D eigenvalue weighted by Crippen LogP contribution is 2.30. The zero-order valence-electron chi connectivity index (χ0n) is 24.7. The fourth-order valence-corrected chi connectivity index (χ4v) is 3.55. The number of rotatable bonds is 18. The number of alkyl carbamates (subject to hydrolysis) is 1. The molecule has 0 spiro atoms. The van der Waals surface area contributed by atoms with Gasteiger partial charge in [-0.2, -0.15) is 0 Å². The van der Waals surface area contributed by atoms with Gasteiger partial charge in [0.2, 0.25) is 0 Å². The second kappa shape index (κ2) is 20.2. The molecule has 1 fully saturated rings. The molecular formula is C26H39NO16. The van der Waals surface area contributed by atoms with Gasteiger partial charge in [0.25, 0.3) is 0 Å². The van der Waals surface area contributed by atoms with E-state index in [9.17, 15) is 28.8 Å². The highest BCUT2D eigenvalue weighted by atomic mass is 16.7. The average molecular weight is 622 g/mol. The van der Waals surface area contributed by atoms with E-state index in [2.05, 4.69) is 11.9 Å². The van der Waals surface area contributed by atoms with Gasteiger partial charge in [0.15, 0.2) is 30.6 Å². The topological polar surface area (TPSA) is 207 Å². The molecule has 0 aromatic rings. The summed E-state index contributed by atoms with van der Waals surface area (Å²) in [6.45, 7) is 6.90. The minimum absolute atomic E-state index is 0.0310. The molecule has 1 aliphatic rings. The Balaban J connectivity index is 3.24. The molecule has 43 heavy (non-hydrogen) atoms. The molecule has 1 N–H and O–H groups in total. The van der Waals surface area contributed by atoms with Crippen LogP contribution in [-0.4, -0.2) is 126 Å². The van der Waals surface area contributed by atoms with E-state index in [0.717, 1.165) is 27.7 Å². The van der Waals surface area contributed by atoms with Gasteiger partial charge in [-0.3, -0.25) is 19.2 Å². The monoisotopic (exact) mass is 621 g/mol. The molecule has 1 amide bonds. The lowest BCUT2D eigenvalue weighted by Gasteiger charge is -2.44. The van der Waals surface area contributed by atoms with Gasteiger partial charge in [-0.1, -0.05) is 12.7 Å². The third kappa shape index (κ3) is 14.8. The number of methoxy groups -OCH3 is 1. The first kappa shape index (κ1) is 37.2. The number of hydrogen-bond acceptors (Lipinski definition) is 16. The maximum atomic E-state index is 12.8. The fraction of sp³-hybridized carbons (Fsp3) is 0.692. The summed E-state index contributed by atoms with van der Waals surface area (Å²) in [5.41, 5.74) is 0. The third-order valence-electron chi connectivity index (χ3n) is 5.19. The van der Waals surface area contributed by atoms with Gasteiger partial charge in [0, 0.05) is 34.8 Å². The van der Waals surface area contributed by atoms with Crippen molar-refractivity contribution in [3.05, 3.63) is 12.7 Å². The maximum absolute atomic E-state index is 12.8. The predicted molar refractivity (Wildman–Crippen MR) is 140 cm³/mol. The molecule has 6 atom stereocenters. The van der Waals surface area contributed by atoms with E-state index in [4.69, 9.17) is 47.4 Å². The number of carbonyl (C=O) groups excluding carboxylic acids is 6. The Hall–Kier alpha value is -3.80. The molecule has 0 unspecified atom stereocenters. The van der Waals surface area contributed by atoms with E-state index in [-0.39, 0.29) is 26.4 Å². The first-order chi connectivity index (χ1) is 20.4. The molecular weight excluding hydrogens is 582 g/mol. The smallest absolute Gasteiger partial charge is 0.408 e. The van der Waals surface area contributed by atoms with Crippen molar-refractivity contribution in [3.63, 3.8) is 0 Å². The normalized spacial score (nSPS) is 21.8. The lowest BCUT2D eigenvalue weighted by molar-refractivity contribution is -0.308. The number of amides is 1. The van der Waals surface area contributed by atoms with E-state index in [1.807, 2.05) is 0 Å². The van der Waals surface area contributed by atoms with Crippen LogP contribution in [0.5, 0.6) is 0 Å². The highest BCUT2D eigenvalue weighted by molar-refractivity contribution is 5.81. The van der Waals surface area contributed by atoms with Crippen molar-refractivity contribution in [2.24, 2.45) is 0 Å². The van der Waals surface area contributed by atoms with Gasteiger partial charge >= 0.3 is 35.9 Å². The van der Waals surface area contributed by atoms with Gasteiger partial charge in [0.1, 0.15) is 25.9 Å². The highest BCUT2D eigenvalue weighted by Gasteiger charge is 2.53. The zero-order valence-corrected chi connectivity index (χ0v) is 24.7. The van der Waals surface area contributed by atoms with E-state index < -0.39 is 85.9 Å². The lowest BCUT2D eigenvalue weighted by Crippen LogP contribution is -2.63. The summed E-state index contributed by atoms with van der Waals surface area (Å²) in [4.78, 5) is 72.4. The van der Waals surface area contributed by atoms with Crippen LogP contribution in [0.3, 0.4) is 0 Å². The van der Waals surface area contributed by atoms with Crippen LogP contribution >= 0.6 is 0 Å². The first-order valence-corrected chi connectivity index (χ1v) is 13.1. The van der Waals surface area contributed by atoms with Crippen molar-refractivity contribution in [3.8, 4) is 0 Å². The zero-order chi connectivity index (χ0) is 32.4. The van der Waals surface area contributed by atoms with Crippen molar-refractivity contribution in [2.45, 2.75) is 64.4 Å². The van der Waals surface area contributed by atoms with E-state index in [1.54, 1.807) is 0 Å². The van der Waals surface area contributed by atoms with Gasteiger partial charge in [-0.05, 0) is 0 Å². The molecule has 244 valence electrons. The Morgan fingerprint density at radius 3 is 1.98 bits per heavy atom. The molecule has 0 bridgehead atoms. The van der Waals surface area contributed by atoms with Crippen LogP contribution in [0.4, 0.5) is 4.79 Å². The average Bonchev–Trinajstić information content (AvgIpc) is 2.92. The van der Waals surface area contributed by atoms with Crippen molar-refractivity contribution in [1.29, 1.82) is 0 Å². The molecule has 1 rings (SSSR count). The Bertz CT molecular complexity index is 955. The van der Waals surface area contributed by atoms with Crippen molar-refractivity contribution in [1.82, 2.24) is 5.32 Å². The number of ether oxygens (including phenoxy) is 10. The van der Waals surface area contributed by atoms with Gasteiger partial charge < -0.3 is 52.7 Å². The summed E-state index contributed by atoms with van der Waals surface area (Å²) in [5, 5.41) is 2.28. The van der Waals surface area contributed by atoms with Crippen LogP contribution in [0.15, 0.2) is 12.7 Å². The van der Waals surface area contributed by atoms with Gasteiger partial charge in [-0.15, -0.1) is 0 Å². The fourth-order valence-electron chi connectivity index (χ4n) is 3.55. The Morgan fingerprint density at radius 1 is 0.791 bits per heavy atom. The van der Waals surface area contributed by atoms with Gasteiger partial charge in [-0.25, -0.2) is 9.59 Å². The number of esters is 5. The number of carbonyl (C=O) groups is 6. The third-order valence-corrected chi connectivity index (χ3v) is 5.19. The number of hydrogen-bond donors (Lipinski definition) is 1. The molecule has 17 nitrogen and oxygen atoms in total. The standard InChI is InChI=1S/C26H39NO16/c1-7-8-37-26(33)27-19(24(32)36-12-11-35-10-9-34-6)13-39-25-23(42-18(5)31)22(41-17(4)30)21(40-16(3)29)20(43-25)14-38-15(2)28/h7,19-23,25H,1,8-14H2,2-6H3,(H,27,33)/t19-,20+,21+,22-,23+,25+/m0/s1. The molecule has 0 saturated carbocycles. The van der Waals surface area contributed by atoms with Crippen molar-refractivity contribution < 1.29 is 76.1 Å². The second-order valence-corrected chi connectivity index (χ2v) is 8.76. The largest absolute Gasteiger partial charge is 0.463 e. The lowest BCUT2D eigenvalue weighted by atomic mass is 9.98. The second-order valence-electron chi connectivity index (χ2n) is 8.76. The molecule has 1 heterocycles. The SMILES string of the molecule is C=CCOC(=O)N[C@@H](CO[C@@H]1O[C@H](COC(C)=O)[C@@H](OC(C)=O)[C@H](OC(C)=O)[C@H]1OC(C)=O)C(=O)OCCOCCOC. The Morgan fingerprint density at radius 2 is 1.40 bits per heavy atom. The quantitative estimate of drug-likeness (QED) is 0.0892. The van der Waals surface area contributed by atoms with E-state index in [1.165, 1.54) is 13.2 Å². The predicted octanol–water partition coefficient (Wildman–Crippen LogP) is -0.427. The van der Waals surface area contributed by atoms with Crippen LogP contribution in [0, 0.1) is 0 Å². The molecule has 0 aromatic heterocycles. The van der Waals surface area contributed by atoms with Crippen LogP contribution < -0.4 is 5.32 Å². The van der Waals surface area contributed by atoms with Crippen molar-refractivity contribution >= 4 is 35.9 Å². The summed E-state index contributed by atoms with van der Waals surface area (Å²) in [6.07, 6.45) is -7.03. The summed E-state index contributed by atoms with van der Waals surface area (Å²) in [5.74, 6) is -4.15. The molecule has 0 aliphatic carbocycles. The maximum Gasteiger partial charge on any atom is 0.408 e.